The number of anilines is 1. The van der Waals surface area contributed by atoms with Gasteiger partial charge in [0.15, 0.2) is 0 Å². The minimum atomic E-state index is -0.0740. The Hall–Kier alpha value is -1.26. The van der Waals surface area contributed by atoms with Gasteiger partial charge in [0.25, 0.3) is 5.91 Å². The summed E-state index contributed by atoms with van der Waals surface area (Å²) in [6.45, 7) is 6.29. The van der Waals surface area contributed by atoms with Crippen LogP contribution in [0.25, 0.3) is 0 Å². The normalized spacial score (nSPS) is 16.7. The molecule has 1 unspecified atom stereocenters. The number of benzene rings is 1. The van der Waals surface area contributed by atoms with Crippen LogP contribution in [0.2, 0.25) is 5.02 Å². The van der Waals surface area contributed by atoms with Gasteiger partial charge in [-0.05, 0) is 50.0 Å². The van der Waals surface area contributed by atoms with Crippen molar-refractivity contribution < 1.29 is 4.79 Å². The molecule has 1 heterocycles. The fourth-order valence-corrected chi connectivity index (χ4v) is 2.93. The molecule has 5 heteroatoms. The number of nitrogens with one attached hydrogen (secondary N) is 2. The maximum absolute atomic E-state index is 12.3. The van der Waals surface area contributed by atoms with Crippen LogP contribution in [0.4, 0.5) is 5.69 Å². The van der Waals surface area contributed by atoms with Crippen molar-refractivity contribution in [3.63, 3.8) is 0 Å². The average Bonchev–Trinajstić information content (AvgIpc) is 2.97. The molecule has 0 aromatic heterocycles. The maximum Gasteiger partial charge on any atom is 0.253 e. The number of carbonyl (C=O) groups excluding carboxylic acids is 1. The monoisotopic (exact) mass is 309 g/mol. The van der Waals surface area contributed by atoms with Crippen LogP contribution in [0.3, 0.4) is 0 Å². The molecule has 1 aliphatic heterocycles. The van der Waals surface area contributed by atoms with Gasteiger partial charge in [0.2, 0.25) is 0 Å². The highest BCUT2D eigenvalue weighted by Crippen LogP contribution is 2.20. The summed E-state index contributed by atoms with van der Waals surface area (Å²) < 4.78 is 0. The first-order valence-electron chi connectivity index (χ1n) is 7.58. The van der Waals surface area contributed by atoms with E-state index in [1.165, 1.54) is 25.9 Å². The van der Waals surface area contributed by atoms with E-state index in [1.54, 1.807) is 19.2 Å². The lowest BCUT2D eigenvalue weighted by atomic mass is 10.1. The molecular formula is C16H24ClN3O. The van der Waals surface area contributed by atoms with Gasteiger partial charge in [0.05, 0.1) is 5.56 Å². The van der Waals surface area contributed by atoms with E-state index in [0.29, 0.717) is 23.0 Å². The number of hydrogen-bond donors (Lipinski definition) is 2. The minimum absolute atomic E-state index is 0.0740. The van der Waals surface area contributed by atoms with E-state index in [1.807, 2.05) is 6.07 Å². The largest absolute Gasteiger partial charge is 0.387 e. The van der Waals surface area contributed by atoms with Crippen molar-refractivity contribution in [3.8, 4) is 0 Å². The first-order chi connectivity index (χ1) is 10.1. The van der Waals surface area contributed by atoms with Crippen molar-refractivity contribution in [2.45, 2.75) is 19.8 Å². The molecule has 1 saturated heterocycles. The average molecular weight is 310 g/mol. The van der Waals surface area contributed by atoms with Gasteiger partial charge in [-0.1, -0.05) is 18.5 Å². The summed E-state index contributed by atoms with van der Waals surface area (Å²) in [5.74, 6) is 0.374. The van der Waals surface area contributed by atoms with Gasteiger partial charge in [0.1, 0.15) is 0 Å². The summed E-state index contributed by atoms with van der Waals surface area (Å²) in [5.41, 5.74) is 1.39. The molecule has 21 heavy (non-hydrogen) atoms. The third kappa shape index (κ3) is 4.61. The second-order valence-corrected chi connectivity index (χ2v) is 6.20. The quantitative estimate of drug-likeness (QED) is 0.849. The Labute approximate surface area is 131 Å². The number of halogens is 1. The van der Waals surface area contributed by atoms with E-state index in [2.05, 4.69) is 22.5 Å². The summed E-state index contributed by atoms with van der Waals surface area (Å²) in [4.78, 5) is 14.8. The SMILES string of the molecule is CNc1ccc(Cl)cc1C(=O)NCC(C)CN1CCCC1. The van der Waals surface area contributed by atoms with E-state index in [4.69, 9.17) is 11.6 Å². The lowest BCUT2D eigenvalue weighted by molar-refractivity contribution is 0.0946. The highest BCUT2D eigenvalue weighted by atomic mass is 35.5. The lowest BCUT2D eigenvalue weighted by Crippen LogP contribution is -2.34. The Kier molecular flexibility index (Phi) is 5.88. The predicted molar refractivity (Wildman–Crippen MR) is 88.2 cm³/mol. The van der Waals surface area contributed by atoms with Crippen molar-refractivity contribution in [3.05, 3.63) is 28.8 Å². The van der Waals surface area contributed by atoms with Crippen molar-refractivity contribution in [2.75, 3.05) is 38.5 Å². The number of amides is 1. The highest BCUT2D eigenvalue weighted by molar-refractivity contribution is 6.31. The van der Waals surface area contributed by atoms with Gasteiger partial charge in [-0.3, -0.25) is 4.79 Å². The Morgan fingerprint density at radius 2 is 2.10 bits per heavy atom. The second-order valence-electron chi connectivity index (χ2n) is 5.76. The molecule has 0 bridgehead atoms. The first-order valence-corrected chi connectivity index (χ1v) is 7.96. The molecule has 1 aromatic rings. The van der Waals surface area contributed by atoms with E-state index >= 15 is 0 Å². The zero-order chi connectivity index (χ0) is 15.2. The molecule has 1 aliphatic rings. The molecule has 116 valence electrons. The number of hydrogen-bond acceptors (Lipinski definition) is 3. The van der Waals surface area contributed by atoms with Crippen LogP contribution in [0.15, 0.2) is 18.2 Å². The highest BCUT2D eigenvalue weighted by Gasteiger charge is 2.16. The molecule has 0 radical (unpaired) electrons. The first kappa shape index (κ1) is 16.1. The van der Waals surface area contributed by atoms with E-state index in [-0.39, 0.29) is 5.91 Å². The molecule has 1 amide bonds. The van der Waals surface area contributed by atoms with Crippen molar-refractivity contribution in [2.24, 2.45) is 5.92 Å². The Bertz CT molecular complexity index is 486. The fourth-order valence-electron chi connectivity index (χ4n) is 2.76. The molecule has 1 aromatic carbocycles. The maximum atomic E-state index is 12.3. The Balaban J connectivity index is 1.87. The van der Waals surface area contributed by atoms with Crippen LogP contribution >= 0.6 is 11.6 Å². The van der Waals surface area contributed by atoms with Gasteiger partial charge < -0.3 is 15.5 Å². The molecule has 0 aliphatic carbocycles. The number of nitrogens with zero attached hydrogens (tertiary/aromatic N) is 1. The van der Waals surface area contributed by atoms with E-state index in [9.17, 15) is 4.79 Å². The van der Waals surface area contributed by atoms with Crippen LogP contribution in [-0.2, 0) is 0 Å². The van der Waals surface area contributed by atoms with Crippen LogP contribution < -0.4 is 10.6 Å². The zero-order valence-corrected chi connectivity index (χ0v) is 13.5. The van der Waals surface area contributed by atoms with Gasteiger partial charge in [-0.2, -0.15) is 0 Å². The van der Waals surface area contributed by atoms with Gasteiger partial charge >= 0.3 is 0 Å². The molecule has 0 saturated carbocycles. The van der Waals surface area contributed by atoms with Crippen molar-refractivity contribution in [1.29, 1.82) is 0 Å². The summed E-state index contributed by atoms with van der Waals surface area (Å²) >= 11 is 5.98. The fraction of sp³-hybridized carbons (Fsp3) is 0.562. The lowest BCUT2D eigenvalue weighted by Gasteiger charge is -2.20. The number of likely N-dealkylation sites (tertiary alicyclic amines) is 1. The topological polar surface area (TPSA) is 44.4 Å². The van der Waals surface area contributed by atoms with Gasteiger partial charge in [0, 0.05) is 30.8 Å². The summed E-state index contributed by atoms with van der Waals surface area (Å²) in [5, 5.41) is 6.61. The minimum Gasteiger partial charge on any atom is -0.387 e. The van der Waals surface area contributed by atoms with Crippen LogP contribution in [0.5, 0.6) is 0 Å². The second kappa shape index (κ2) is 7.66. The van der Waals surface area contributed by atoms with Crippen molar-refractivity contribution >= 4 is 23.2 Å². The van der Waals surface area contributed by atoms with Crippen LogP contribution in [0, 0.1) is 5.92 Å². The van der Waals surface area contributed by atoms with Crippen LogP contribution in [0.1, 0.15) is 30.1 Å². The molecular weight excluding hydrogens is 286 g/mol. The zero-order valence-electron chi connectivity index (χ0n) is 12.8. The molecule has 2 rings (SSSR count). The van der Waals surface area contributed by atoms with Crippen LogP contribution in [-0.4, -0.2) is 44.0 Å². The standard InChI is InChI=1S/C16H24ClN3O/c1-12(11-20-7-3-4-8-20)10-19-16(21)14-9-13(17)5-6-15(14)18-2/h5-6,9,12,18H,3-4,7-8,10-11H2,1-2H3,(H,19,21). The Morgan fingerprint density at radius 1 is 1.38 bits per heavy atom. The summed E-state index contributed by atoms with van der Waals surface area (Å²) in [6, 6.07) is 5.30. The third-order valence-electron chi connectivity index (χ3n) is 3.88. The molecule has 1 atom stereocenters. The van der Waals surface area contributed by atoms with Crippen molar-refractivity contribution in [1.82, 2.24) is 10.2 Å². The Morgan fingerprint density at radius 3 is 2.76 bits per heavy atom. The predicted octanol–water partition coefficient (Wildman–Crippen LogP) is 2.84. The van der Waals surface area contributed by atoms with E-state index in [0.717, 1.165) is 12.2 Å². The molecule has 1 fully saturated rings. The molecule has 2 N–H and O–H groups in total. The number of rotatable bonds is 6. The summed E-state index contributed by atoms with van der Waals surface area (Å²) in [6.07, 6.45) is 2.60. The van der Waals surface area contributed by atoms with Gasteiger partial charge in [-0.15, -0.1) is 0 Å². The molecule has 4 nitrogen and oxygen atoms in total. The third-order valence-corrected chi connectivity index (χ3v) is 4.11. The smallest absolute Gasteiger partial charge is 0.253 e. The van der Waals surface area contributed by atoms with Gasteiger partial charge in [-0.25, -0.2) is 0 Å². The van der Waals surface area contributed by atoms with E-state index < -0.39 is 0 Å². The number of carbonyl (C=O) groups is 1. The molecule has 0 spiro atoms. The summed E-state index contributed by atoms with van der Waals surface area (Å²) in [7, 11) is 1.80.